The number of ether oxygens (including phenoxy) is 1. The largest absolute Gasteiger partial charge is 0.497 e. The third-order valence-electron chi connectivity index (χ3n) is 5.47. The molecule has 0 bridgehead atoms. The summed E-state index contributed by atoms with van der Waals surface area (Å²) < 4.78 is 33.0. The summed E-state index contributed by atoms with van der Waals surface area (Å²) in [6, 6.07) is 21.4. The SMILES string of the molecule is CCC(NC(=O)CN1c2ccccc2-c2ccccc2S1(=O)=O)c1ccc(OC)cc1. The van der Waals surface area contributed by atoms with Crippen molar-refractivity contribution in [3.05, 3.63) is 78.4 Å². The average Bonchev–Trinajstić information content (AvgIpc) is 2.80. The first kappa shape index (κ1) is 20.9. The van der Waals surface area contributed by atoms with Gasteiger partial charge >= 0.3 is 0 Å². The molecule has 1 aliphatic rings. The molecule has 7 heteroatoms. The molecular weight excluding hydrogens is 412 g/mol. The van der Waals surface area contributed by atoms with Gasteiger partial charge < -0.3 is 10.1 Å². The van der Waals surface area contributed by atoms with Crippen molar-refractivity contribution in [2.45, 2.75) is 24.3 Å². The topological polar surface area (TPSA) is 75.7 Å². The fourth-order valence-electron chi connectivity index (χ4n) is 3.88. The van der Waals surface area contributed by atoms with Gasteiger partial charge in [-0.2, -0.15) is 0 Å². The van der Waals surface area contributed by atoms with E-state index in [-0.39, 0.29) is 23.4 Å². The van der Waals surface area contributed by atoms with Gasteiger partial charge in [0.2, 0.25) is 5.91 Å². The van der Waals surface area contributed by atoms with Crippen LogP contribution in [-0.4, -0.2) is 28.0 Å². The second-order valence-electron chi connectivity index (χ2n) is 7.33. The standard InChI is InChI=1S/C24H24N2O4S/c1-3-21(17-12-14-18(30-2)15-13-17)25-24(27)16-26-22-10-6-4-8-19(22)20-9-5-7-11-23(20)31(26,28)29/h4-15,21H,3,16H2,1-2H3,(H,25,27). The second-order valence-corrected chi connectivity index (χ2v) is 9.16. The Morgan fingerprint density at radius 1 is 0.968 bits per heavy atom. The quantitative estimate of drug-likeness (QED) is 0.630. The molecule has 31 heavy (non-hydrogen) atoms. The first-order valence-electron chi connectivity index (χ1n) is 10.1. The van der Waals surface area contributed by atoms with Crippen LogP contribution < -0.4 is 14.4 Å². The molecule has 1 aliphatic heterocycles. The summed E-state index contributed by atoms with van der Waals surface area (Å²) in [4.78, 5) is 13.2. The third-order valence-corrected chi connectivity index (χ3v) is 7.28. The zero-order valence-corrected chi connectivity index (χ0v) is 18.2. The van der Waals surface area contributed by atoms with E-state index in [9.17, 15) is 13.2 Å². The van der Waals surface area contributed by atoms with Crippen LogP contribution in [0.15, 0.2) is 77.7 Å². The first-order valence-corrected chi connectivity index (χ1v) is 11.5. The van der Waals surface area contributed by atoms with Crippen LogP contribution in [0.2, 0.25) is 0 Å². The normalized spacial score (nSPS) is 14.8. The zero-order chi connectivity index (χ0) is 22.0. The van der Waals surface area contributed by atoms with Gasteiger partial charge in [0.15, 0.2) is 0 Å². The van der Waals surface area contributed by atoms with Gasteiger partial charge in [0.1, 0.15) is 12.3 Å². The van der Waals surface area contributed by atoms with Gasteiger partial charge in [-0.05, 0) is 36.2 Å². The highest BCUT2D eigenvalue weighted by Gasteiger charge is 2.35. The smallest absolute Gasteiger partial charge is 0.265 e. The number of rotatable bonds is 6. The van der Waals surface area contributed by atoms with Crippen molar-refractivity contribution in [1.82, 2.24) is 5.32 Å². The van der Waals surface area contributed by atoms with Crippen molar-refractivity contribution >= 4 is 21.6 Å². The highest BCUT2D eigenvalue weighted by atomic mass is 32.2. The van der Waals surface area contributed by atoms with Gasteiger partial charge in [-0.15, -0.1) is 0 Å². The maximum absolute atomic E-state index is 13.3. The molecule has 1 amide bonds. The number of benzene rings is 3. The lowest BCUT2D eigenvalue weighted by Gasteiger charge is -2.32. The Morgan fingerprint density at radius 3 is 2.29 bits per heavy atom. The van der Waals surface area contributed by atoms with Gasteiger partial charge in [0, 0.05) is 11.1 Å². The number of fused-ring (bicyclic) bond motifs is 3. The number of nitrogens with zero attached hydrogens (tertiary/aromatic N) is 1. The van der Waals surface area contributed by atoms with Gasteiger partial charge in [0.05, 0.1) is 23.7 Å². The maximum Gasteiger partial charge on any atom is 0.265 e. The minimum Gasteiger partial charge on any atom is -0.497 e. The van der Waals surface area contributed by atoms with Gasteiger partial charge in [-0.3, -0.25) is 9.10 Å². The second kappa shape index (κ2) is 8.43. The Kier molecular flexibility index (Phi) is 5.69. The van der Waals surface area contributed by atoms with Crippen LogP contribution in [0.1, 0.15) is 24.9 Å². The molecule has 1 heterocycles. The molecule has 1 atom stereocenters. The summed E-state index contributed by atoms with van der Waals surface area (Å²) in [5.41, 5.74) is 2.89. The van der Waals surface area contributed by atoms with Crippen LogP contribution in [-0.2, 0) is 14.8 Å². The van der Waals surface area contributed by atoms with Gasteiger partial charge in [-0.25, -0.2) is 8.42 Å². The Hall–Kier alpha value is -3.32. The van der Waals surface area contributed by atoms with E-state index in [0.717, 1.165) is 16.9 Å². The Balaban J connectivity index is 1.61. The summed E-state index contributed by atoms with van der Waals surface area (Å²) in [5, 5.41) is 2.97. The number of para-hydroxylation sites is 1. The highest BCUT2D eigenvalue weighted by Crippen LogP contribution is 2.42. The Morgan fingerprint density at radius 2 is 1.61 bits per heavy atom. The van der Waals surface area contributed by atoms with Crippen LogP contribution >= 0.6 is 0 Å². The van der Waals surface area contributed by atoms with Crippen molar-refractivity contribution in [3.63, 3.8) is 0 Å². The number of carbonyl (C=O) groups excluding carboxylic acids is 1. The molecule has 0 spiro atoms. The molecule has 0 fully saturated rings. The van der Waals surface area contributed by atoms with E-state index in [1.165, 1.54) is 4.31 Å². The lowest BCUT2D eigenvalue weighted by molar-refractivity contribution is -0.120. The molecule has 6 nitrogen and oxygen atoms in total. The molecule has 0 saturated heterocycles. The van der Waals surface area contributed by atoms with Crippen LogP contribution in [0.5, 0.6) is 5.75 Å². The van der Waals surface area contributed by atoms with Gasteiger partial charge in [-0.1, -0.05) is 55.5 Å². The predicted molar refractivity (Wildman–Crippen MR) is 121 cm³/mol. The zero-order valence-electron chi connectivity index (χ0n) is 17.4. The summed E-state index contributed by atoms with van der Waals surface area (Å²) in [6.45, 7) is 1.68. The Bertz CT molecular complexity index is 1210. The number of hydrogen-bond donors (Lipinski definition) is 1. The Labute approximate surface area is 182 Å². The first-order chi connectivity index (χ1) is 15.0. The monoisotopic (exact) mass is 436 g/mol. The van der Waals surface area contributed by atoms with E-state index in [4.69, 9.17) is 4.74 Å². The molecule has 160 valence electrons. The van der Waals surface area contributed by atoms with Crippen molar-refractivity contribution in [3.8, 4) is 16.9 Å². The van der Waals surface area contributed by atoms with Crippen molar-refractivity contribution in [2.75, 3.05) is 18.0 Å². The molecule has 3 aromatic carbocycles. The number of hydrogen-bond acceptors (Lipinski definition) is 4. The lowest BCUT2D eigenvalue weighted by Crippen LogP contribution is -2.43. The fourth-order valence-corrected chi connectivity index (χ4v) is 5.53. The van der Waals surface area contributed by atoms with Crippen LogP contribution in [0.4, 0.5) is 5.69 Å². The average molecular weight is 437 g/mol. The number of nitrogens with one attached hydrogen (secondary N) is 1. The molecule has 1 unspecified atom stereocenters. The molecule has 0 aliphatic carbocycles. The van der Waals surface area contributed by atoms with Crippen molar-refractivity contribution < 1.29 is 17.9 Å². The number of sulfonamides is 1. The van der Waals surface area contributed by atoms with Crippen LogP contribution in [0.3, 0.4) is 0 Å². The summed E-state index contributed by atoms with van der Waals surface area (Å²) in [7, 11) is -2.25. The van der Waals surface area contributed by atoms with E-state index in [1.54, 1.807) is 37.4 Å². The summed E-state index contributed by atoms with van der Waals surface area (Å²) >= 11 is 0. The van der Waals surface area contributed by atoms with Crippen molar-refractivity contribution in [2.24, 2.45) is 0 Å². The van der Waals surface area contributed by atoms with Gasteiger partial charge in [0.25, 0.3) is 10.0 Å². The van der Waals surface area contributed by atoms with E-state index < -0.39 is 10.0 Å². The molecule has 0 radical (unpaired) electrons. The highest BCUT2D eigenvalue weighted by molar-refractivity contribution is 7.93. The molecule has 3 aromatic rings. The molecule has 0 aromatic heterocycles. The summed E-state index contributed by atoms with van der Waals surface area (Å²) in [6.07, 6.45) is 0.671. The van der Waals surface area contributed by atoms with E-state index in [0.29, 0.717) is 17.7 Å². The van der Waals surface area contributed by atoms with Crippen molar-refractivity contribution in [1.29, 1.82) is 0 Å². The number of anilines is 1. The fraction of sp³-hybridized carbons (Fsp3) is 0.208. The molecule has 1 N–H and O–H groups in total. The lowest BCUT2D eigenvalue weighted by atomic mass is 10.0. The minimum absolute atomic E-state index is 0.212. The molecular formula is C24H24N2O4S. The van der Waals surface area contributed by atoms with E-state index in [1.807, 2.05) is 49.4 Å². The van der Waals surface area contributed by atoms with E-state index >= 15 is 0 Å². The molecule has 4 rings (SSSR count). The number of amides is 1. The maximum atomic E-state index is 13.3. The van der Waals surface area contributed by atoms with Crippen LogP contribution in [0.25, 0.3) is 11.1 Å². The molecule has 0 saturated carbocycles. The minimum atomic E-state index is -3.85. The summed E-state index contributed by atoms with van der Waals surface area (Å²) in [5.74, 6) is 0.375. The third kappa shape index (κ3) is 3.88. The van der Waals surface area contributed by atoms with E-state index in [2.05, 4.69) is 5.32 Å². The predicted octanol–water partition coefficient (Wildman–Crippen LogP) is 4.14. The number of carbonyl (C=O) groups is 1. The number of methoxy groups -OCH3 is 1. The van der Waals surface area contributed by atoms with Crippen LogP contribution in [0, 0.1) is 0 Å².